The fraction of sp³-hybridized carbons (Fsp3) is 1.00. The van der Waals surface area contributed by atoms with Crippen LogP contribution in [0.4, 0.5) is 0 Å². The van der Waals surface area contributed by atoms with Crippen molar-refractivity contribution in [3.8, 4) is 0 Å². The Hall–Kier alpha value is 0.0700. The molecule has 30 heavy (non-hydrogen) atoms. The summed E-state index contributed by atoms with van der Waals surface area (Å²) in [5.74, 6) is 0. The molecule has 0 bridgehead atoms. The van der Waals surface area contributed by atoms with Gasteiger partial charge in [-0.05, 0) is 19.3 Å². The third-order valence-electron chi connectivity index (χ3n) is 5.82. The number of hydrogen-bond acceptors (Lipinski definition) is 3. The van der Waals surface area contributed by atoms with Crippen LogP contribution < -0.4 is 0 Å². The Morgan fingerprint density at radius 2 is 1.00 bits per heavy atom. The van der Waals surface area contributed by atoms with Crippen LogP contribution in [0.1, 0.15) is 117 Å². The van der Waals surface area contributed by atoms with Crippen LogP contribution >= 0.6 is 7.82 Å². The summed E-state index contributed by atoms with van der Waals surface area (Å²) in [6.45, 7) is 6.84. The molecule has 0 amide bonds. The first-order valence-electron chi connectivity index (χ1n) is 12.8. The summed E-state index contributed by atoms with van der Waals surface area (Å²) in [4.78, 5) is 9.85. The van der Waals surface area contributed by atoms with Gasteiger partial charge in [-0.25, -0.2) is 4.57 Å². The molecule has 0 spiro atoms. The van der Waals surface area contributed by atoms with Crippen LogP contribution in [0.5, 0.6) is 0 Å². The minimum atomic E-state index is -3.91. The lowest BCUT2D eigenvalue weighted by atomic mass is 10.1. The van der Waals surface area contributed by atoms with Gasteiger partial charge in [0.1, 0.15) is 13.2 Å². The van der Waals surface area contributed by atoms with Gasteiger partial charge in [-0.1, -0.05) is 97.3 Å². The maximum atomic E-state index is 12.0. The second kappa shape index (κ2) is 19.7. The molecular weight excluding hydrogens is 397 g/mol. The van der Waals surface area contributed by atoms with E-state index in [0.29, 0.717) is 6.61 Å². The van der Waals surface area contributed by atoms with Crippen molar-refractivity contribution in [3.05, 3.63) is 0 Å². The van der Waals surface area contributed by atoms with Crippen LogP contribution in [-0.4, -0.2) is 49.8 Å². The molecule has 0 saturated carbocycles. The second-order valence-electron chi connectivity index (χ2n) is 9.47. The maximum absolute atomic E-state index is 12.0. The van der Waals surface area contributed by atoms with Crippen molar-refractivity contribution in [2.75, 3.05) is 40.4 Å². The van der Waals surface area contributed by atoms with Gasteiger partial charge in [0.15, 0.2) is 0 Å². The number of unbranched alkanes of at least 4 members (excludes halogenated alkanes) is 14. The Balaban J connectivity index is 3.65. The summed E-state index contributed by atoms with van der Waals surface area (Å²) in [5, 5.41) is 0. The summed E-state index contributed by atoms with van der Waals surface area (Å²) in [6.07, 6.45) is 20.0. The van der Waals surface area contributed by atoms with Crippen molar-refractivity contribution in [2.45, 2.75) is 117 Å². The third kappa shape index (κ3) is 21.3. The Bertz CT molecular complexity index is 418. The van der Waals surface area contributed by atoms with Crippen molar-refractivity contribution in [2.24, 2.45) is 0 Å². The highest BCUT2D eigenvalue weighted by molar-refractivity contribution is 7.47. The van der Waals surface area contributed by atoms with Crippen LogP contribution in [0.25, 0.3) is 0 Å². The highest BCUT2D eigenvalue weighted by Gasteiger charge is 2.23. The molecule has 1 N–H and O–H groups in total. The summed E-state index contributed by atoms with van der Waals surface area (Å²) in [6, 6.07) is 0. The molecule has 5 nitrogen and oxygen atoms in total. The summed E-state index contributed by atoms with van der Waals surface area (Å²) < 4.78 is 23.1. The van der Waals surface area contributed by atoms with Crippen LogP contribution in [0.3, 0.4) is 0 Å². The fourth-order valence-electron chi connectivity index (χ4n) is 3.64. The number of likely N-dealkylation sites (N-methyl/N-ethyl adjacent to an activating group) is 1. The second-order valence-corrected chi connectivity index (χ2v) is 10.9. The monoisotopic (exact) mass is 450 g/mol. The molecule has 0 aliphatic rings. The predicted molar refractivity (Wildman–Crippen MR) is 129 cm³/mol. The average molecular weight is 451 g/mol. The number of hydrogen-bond donors (Lipinski definition) is 1. The summed E-state index contributed by atoms with van der Waals surface area (Å²) in [5.41, 5.74) is 0. The Kier molecular flexibility index (Phi) is 19.8. The van der Waals surface area contributed by atoms with Gasteiger partial charge in [0.2, 0.25) is 0 Å². The van der Waals surface area contributed by atoms with E-state index in [2.05, 4.69) is 27.9 Å². The van der Waals surface area contributed by atoms with E-state index in [1.165, 1.54) is 89.9 Å². The minimum absolute atomic E-state index is 0.259. The van der Waals surface area contributed by atoms with Crippen molar-refractivity contribution >= 4 is 7.82 Å². The Morgan fingerprint density at radius 1 is 0.600 bits per heavy atom. The zero-order chi connectivity index (χ0) is 22.6. The van der Waals surface area contributed by atoms with E-state index in [1.807, 2.05) is 0 Å². The van der Waals surface area contributed by atoms with E-state index in [-0.39, 0.29) is 6.61 Å². The molecule has 0 heterocycles. The first-order chi connectivity index (χ1) is 14.3. The summed E-state index contributed by atoms with van der Waals surface area (Å²) in [7, 11) is 0.413. The number of nitrogens with zero attached hydrogens (tertiary/aromatic N) is 1. The van der Waals surface area contributed by atoms with E-state index in [1.54, 1.807) is 0 Å². The van der Waals surface area contributed by atoms with Gasteiger partial charge in [0, 0.05) is 0 Å². The van der Waals surface area contributed by atoms with Crippen molar-refractivity contribution < 1.29 is 23.0 Å². The van der Waals surface area contributed by atoms with Gasteiger partial charge in [-0.3, -0.25) is 9.05 Å². The smallest absolute Gasteiger partial charge is 0.327 e. The summed E-state index contributed by atoms with van der Waals surface area (Å²) >= 11 is 0. The first-order valence-corrected chi connectivity index (χ1v) is 14.3. The minimum Gasteiger partial charge on any atom is -0.327 e. The van der Waals surface area contributed by atoms with Crippen LogP contribution in [-0.2, 0) is 13.6 Å². The lowest BCUT2D eigenvalue weighted by Gasteiger charge is -2.29. The average Bonchev–Trinajstić information content (AvgIpc) is 2.68. The van der Waals surface area contributed by atoms with Gasteiger partial charge in [0.25, 0.3) is 0 Å². The number of phosphoric acid groups is 1. The van der Waals surface area contributed by atoms with Crippen molar-refractivity contribution in [1.82, 2.24) is 0 Å². The van der Waals surface area contributed by atoms with E-state index in [9.17, 15) is 9.46 Å². The molecule has 0 aliphatic heterocycles. The lowest BCUT2D eigenvalue weighted by molar-refractivity contribution is -0.890. The molecule has 0 fully saturated rings. The number of quaternary nitrogens is 1. The standard InChI is InChI=1S/C24H52NO4P/c1-5-7-9-11-13-15-17-19-21-25(3,4)22-24-29-30(26,27)28-23-20-18-16-14-12-10-8-6-2/h5-24H2,1-4H3/p+1. The van der Waals surface area contributed by atoms with Crippen LogP contribution in [0.15, 0.2) is 0 Å². The normalized spacial score (nSPS) is 14.2. The van der Waals surface area contributed by atoms with Crippen molar-refractivity contribution in [3.63, 3.8) is 0 Å². The maximum Gasteiger partial charge on any atom is 0.472 e. The highest BCUT2D eigenvalue weighted by Crippen LogP contribution is 2.43. The molecule has 0 aromatic rings. The molecule has 0 saturated heterocycles. The van der Waals surface area contributed by atoms with Gasteiger partial charge in [-0.2, -0.15) is 0 Å². The molecule has 0 aliphatic carbocycles. The van der Waals surface area contributed by atoms with E-state index in [4.69, 9.17) is 9.05 Å². The van der Waals surface area contributed by atoms with E-state index >= 15 is 0 Å². The Labute approximate surface area is 188 Å². The topological polar surface area (TPSA) is 55.8 Å². The van der Waals surface area contributed by atoms with Crippen molar-refractivity contribution in [1.29, 1.82) is 0 Å². The van der Waals surface area contributed by atoms with Gasteiger partial charge < -0.3 is 9.38 Å². The molecule has 182 valence electrons. The highest BCUT2D eigenvalue weighted by atomic mass is 31.2. The van der Waals surface area contributed by atoms with Gasteiger partial charge in [0.05, 0.1) is 27.2 Å². The van der Waals surface area contributed by atoms with Gasteiger partial charge >= 0.3 is 7.82 Å². The first kappa shape index (κ1) is 30.1. The Morgan fingerprint density at radius 3 is 1.50 bits per heavy atom. The van der Waals surface area contributed by atoms with Gasteiger partial charge in [-0.15, -0.1) is 0 Å². The van der Waals surface area contributed by atoms with E-state index in [0.717, 1.165) is 30.4 Å². The zero-order valence-electron chi connectivity index (χ0n) is 20.7. The molecule has 1 atom stereocenters. The lowest BCUT2D eigenvalue weighted by Crippen LogP contribution is -2.42. The molecular formula is C24H53NO4P+. The largest absolute Gasteiger partial charge is 0.472 e. The molecule has 1 unspecified atom stereocenters. The third-order valence-corrected chi connectivity index (χ3v) is 6.84. The number of phosphoric ester groups is 1. The zero-order valence-corrected chi connectivity index (χ0v) is 21.6. The SMILES string of the molecule is CCCCCCCCCCOP(=O)(O)OCC[N+](C)(C)CCCCCCCCCC. The molecule has 0 radical (unpaired) electrons. The molecule has 0 aromatic heterocycles. The van der Waals surface area contributed by atoms with E-state index < -0.39 is 7.82 Å². The molecule has 6 heteroatoms. The van der Waals surface area contributed by atoms with Crippen LogP contribution in [0, 0.1) is 0 Å². The quantitative estimate of drug-likeness (QED) is 0.0996. The molecule has 0 rings (SSSR count). The number of rotatable bonds is 23. The molecule has 0 aromatic carbocycles. The predicted octanol–water partition coefficient (Wildman–Crippen LogP) is 7.48. The fourth-order valence-corrected chi connectivity index (χ4v) is 4.39. The van der Waals surface area contributed by atoms with Crippen LogP contribution in [0.2, 0.25) is 0 Å².